The molecule has 0 fully saturated rings. The molecular formula is C24H23N3O5S. The van der Waals surface area contributed by atoms with E-state index in [4.69, 9.17) is 4.74 Å². The van der Waals surface area contributed by atoms with Crippen molar-refractivity contribution in [3.63, 3.8) is 0 Å². The van der Waals surface area contributed by atoms with Crippen molar-refractivity contribution in [1.82, 2.24) is 0 Å². The first-order chi connectivity index (χ1) is 15.9. The van der Waals surface area contributed by atoms with Gasteiger partial charge in [-0.1, -0.05) is 42.5 Å². The van der Waals surface area contributed by atoms with Crippen molar-refractivity contribution in [2.24, 2.45) is 0 Å². The Morgan fingerprint density at radius 1 is 1.00 bits per heavy atom. The molecule has 0 aliphatic carbocycles. The number of carbonyl (C=O) groups is 2. The van der Waals surface area contributed by atoms with E-state index in [1.165, 1.54) is 12.1 Å². The fourth-order valence-corrected chi connectivity index (χ4v) is 5.32. The highest BCUT2D eigenvalue weighted by atomic mass is 32.2. The van der Waals surface area contributed by atoms with Crippen molar-refractivity contribution in [1.29, 1.82) is 0 Å². The molecule has 0 saturated carbocycles. The van der Waals surface area contributed by atoms with E-state index in [9.17, 15) is 18.0 Å². The SMILES string of the molecule is CCOc1ccccc1NC(=O)CC1C(=O)Nc2ccccc2N1S(=O)(=O)c1ccccc1. The van der Waals surface area contributed by atoms with E-state index >= 15 is 0 Å². The monoisotopic (exact) mass is 465 g/mol. The average molecular weight is 466 g/mol. The van der Waals surface area contributed by atoms with Crippen LogP contribution in [-0.4, -0.2) is 32.9 Å². The van der Waals surface area contributed by atoms with Gasteiger partial charge >= 0.3 is 0 Å². The van der Waals surface area contributed by atoms with Gasteiger partial charge in [0.15, 0.2) is 0 Å². The second kappa shape index (κ2) is 9.33. The molecule has 3 aromatic carbocycles. The molecule has 1 unspecified atom stereocenters. The summed E-state index contributed by atoms with van der Waals surface area (Å²) in [7, 11) is -4.12. The maximum absolute atomic E-state index is 13.6. The van der Waals surface area contributed by atoms with Gasteiger partial charge in [-0.3, -0.25) is 13.9 Å². The van der Waals surface area contributed by atoms with Crippen molar-refractivity contribution in [3.8, 4) is 5.75 Å². The van der Waals surface area contributed by atoms with Gasteiger partial charge in [-0.25, -0.2) is 8.42 Å². The summed E-state index contributed by atoms with van der Waals surface area (Å²) in [6, 6.07) is 20.1. The van der Waals surface area contributed by atoms with E-state index in [1.54, 1.807) is 66.7 Å². The van der Waals surface area contributed by atoms with E-state index in [-0.39, 0.29) is 11.3 Å². The normalized spacial score (nSPS) is 15.4. The highest BCUT2D eigenvalue weighted by Crippen LogP contribution is 2.37. The lowest BCUT2D eigenvalue weighted by Gasteiger charge is -2.36. The van der Waals surface area contributed by atoms with Crippen molar-refractivity contribution in [2.75, 3.05) is 21.5 Å². The summed E-state index contributed by atoms with van der Waals surface area (Å²) in [4.78, 5) is 25.9. The predicted octanol–water partition coefficient (Wildman–Crippen LogP) is 3.63. The third kappa shape index (κ3) is 4.54. The minimum Gasteiger partial charge on any atom is -0.492 e. The Kier molecular flexibility index (Phi) is 6.32. The summed E-state index contributed by atoms with van der Waals surface area (Å²) in [6.07, 6.45) is -0.382. The molecule has 33 heavy (non-hydrogen) atoms. The number of anilines is 3. The lowest BCUT2D eigenvalue weighted by molar-refractivity contribution is -0.122. The van der Waals surface area contributed by atoms with Crippen LogP contribution in [0.25, 0.3) is 0 Å². The number of hydrogen-bond acceptors (Lipinski definition) is 5. The Morgan fingerprint density at radius 3 is 2.42 bits per heavy atom. The largest absolute Gasteiger partial charge is 0.492 e. The van der Waals surface area contributed by atoms with Gasteiger partial charge in [0.1, 0.15) is 11.8 Å². The molecule has 9 heteroatoms. The Morgan fingerprint density at radius 2 is 1.67 bits per heavy atom. The Bertz CT molecular complexity index is 1280. The van der Waals surface area contributed by atoms with Crippen LogP contribution in [-0.2, 0) is 19.6 Å². The van der Waals surface area contributed by atoms with E-state index < -0.39 is 27.9 Å². The summed E-state index contributed by atoms with van der Waals surface area (Å²) < 4.78 is 33.7. The molecule has 0 bridgehead atoms. The molecule has 1 atom stereocenters. The Hall–Kier alpha value is -3.85. The standard InChI is InChI=1S/C24H23N3O5S/c1-2-32-22-15-9-7-13-19(22)25-23(28)16-21-24(29)26-18-12-6-8-14-20(18)27(21)33(30,31)17-10-4-3-5-11-17/h3-15,21H,2,16H2,1H3,(H,25,28)(H,26,29). The highest BCUT2D eigenvalue weighted by molar-refractivity contribution is 7.93. The smallest absolute Gasteiger partial charge is 0.265 e. The number of fused-ring (bicyclic) bond motifs is 1. The number of sulfonamides is 1. The molecule has 0 aromatic heterocycles. The average Bonchev–Trinajstić information content (AvgIpc) is 2.81. The third-order valence-corrected chi connectivity index (χ3v) is 6.96. The molecule has 8 nitrogen and oxygen atoms in total. The zero-order valence-electron chi connectivity index (χ0n) is 17.9. The molecular weight excluding hydrogens is 442 g/mol. The van der Waals surface area contributed by atoms with Crippen LogP contribution in [0.3, 0.4) is 0 Å². The number of ether oxygens (including phenoxy) is 1. The van der Waals surface area contributed by atoms with Crippen LogP contribution in [0.15, 0.2) is 83.8 Å². The van der Waals surface area contributed by atoms with Gasteiger partial charge in [-0.2, -0.15) is 0 Å². The molecule has 0 radical (unpaired) electrons. The molecule has 2 amide bonds. The zero-order valence-corrected chi connectivity index (χ0v) is 18.7. The Balaban J connectivity index is 1.69. The van der Waals surface area contributed by atoms with E-state index in [1.807, 2.05) is 6.92 Å². The van der Waals surface area contributed by atoms with Crippen molar-refractivity contribution in [3.05, 3.63) is 78.9 Å². The van der Waals surface area contributed by atoms with Gasteiger partial charge in [0, 0.05) is 0 Å². The van der Waals surface area contributed by atoms with E-state index in [0.717, 1.165) is 4.31 Å². The Labute approximate surface area is 192 Å². The summed E-state index contributed by atoms with van der Waals surface area (Å²) in [5, 5.41) is 5.45. The predicted molar refractivity (Wildman–Crippen MR) is 126 cm³/mol. The number of rotatable bonds is 7. The fourth-order valence-electron chi connectivity index (χ4n) is 3.67. The number of para-hydroxylation sites is 4. The third-order valence-electron chi connectivity index (χ3n) is 5.12. The molecule has 0 saturated heterocycles. The van der Waals surface area contributed by atoms with E-state index in [2.05, 4.69) is 10.6 Å². The van der Waals surface area contributed by atoms with Crippen LogP contribution >= 0.6 is 0 Å². The maximum Gasteiger partial charge on any atom is 0.265 e. The quantitative estimate of drug-likeness (QED) is 0.554. The summed E-state index contributed by atoms with van der Waals surface area (Å²) in [5.74, 6) is -0.614. The molecule has 1 aliphatic heterocycles. The zero-order chi connectivity index (χ0) is 23.4. The van der Waals surface area contributed by atoms with Crippen LogP contribution < -0.4 is 19.7 Å². The van der Waals surface area contributed by atoms with Gasteiger partial charge in [0.05, 0.1) is 35.0 Å². The summed E-state index contributed by atoms with van der Waals surface area (Å²) >= 11 is 0. The van der Waals surface area contributed by atoms with Crippen LogP contribution in [0.1, 0.15) is 13.3 Å². The lowest BCUT2D eigenvalue weighted by atomic mass is 10.1. The topological polar surface area (TPSA) is 105 Å². The van der Waals surface area contributed by atoms with Crippen LogP contribution in [0.5, 0.6) is 5.75 Å². The fraction of sp³-hybridized carbons (Fsp3) is 0.167. The molecule has 3 aromatic rings. The summed E-state index contributed by atoms with van der Waals surface area (Å²) in [6.45, 7) is 2.24. The van der Waals surface area contributed by atoms with E-state index in [0.29, 0.717) is 29.4 Å². The van der Waals surface area contributed by atoms with Crippen LogP contribution in [0.2, 0.25) is 0 Å². The molecule has 1 heterocycles. The van der Waals surface area contributed by atoms with Gasteiger partial charge in [-0.15, -0.1) is 0 Å². The summed E-state index contributed by atoms with van der Waals surface area (Å²) in [5.41, 5.74) is 1.10. The van der Waals surface area contributed by atoms with Gasteiger partial charge < -0.3 is 15.4 Å². The molecule has 1 aliphatic rings. The molecule has 2 N–H and O–H groups in total. The second-order valence-corrected chi connectivity index (χ2v) is 9.13. The number of benzene rings is 3. The minimum atomic E-state index is -4.12. The number of nitrogens with zero attached hydrogens (tertiary/aromatic N) is 1. The first-order valence-corrected chi connectivity index (χ1v) is 11.9. The van der Waals surface area contributed by atoms with Gasteiger partial charge in [0.25, 0.3) is 10.0 Å². The van der Waals surface area contributed by atoms with Gasteiger partial charge in [0.2, 0.25) is 11.8 Å². The van der Waals surface area contributed by atoms with Gasteiger partial charge in [-0.05, 0) is 43.3 Å². The lowest BCUT2D eigenvalue weighted by Crippen LogP contribution is -2.52. The molecule has 4 rings (SSSR count). The van der Waals surface area contributed by atoms with Crippen molar-refractivity contribution >= 4 is 38.9 Å². The van der Waals surface area contributed by atoms with Crippen molar-refractivity contribution < 1.29 is 22.7 Å². The number of carbonyl (C=O) groups excluding carboxylic acids is 2. The number of amides is 2. The molecule has 170 valence electrons. The highest BCUT2D eigenvalue weighted by Gasteiger charge is 2.42. The minimum absolute atomic E-state index is 0.0293. The van der Waals surface area contributed by atoms with Crippen LogP contribution in [0.4, 0.5) is 17.1 Å². The van der Waals surface area contributed by atoms with Crippen molar-refractivity contribution in [2.45, 2.75) is 24.3 Å². The molecule has 0 spiro atoms. The first-order valence-electron chi connectivity index (χ1n) is 10.4. The number of hydrogen-bond donors (Lipinski definition) is 2. The van der Waals surface area contributed by atoms with Crippen LogP contribution in [0, 0.1) is 0 Å². The maximum atomic E-state index is 13.6. The first kappa shape index (κ1) is 22.3. The second-order valence-electron chi connectivity index (χ2n) is 7.32. The number of nitrogens with one attached hydrogen (secondary N) is 2.